The van der Waals surface area contributed by atoms with E-state index in [4.69, 9.17) is 25.8 Å². The standard InChI is InChI=1S/C16H16ClNO4/c1-20-11-5-6-13(15(9-11)22-3)18-16(19)12-8-10(17)4-7-14(12)21-2/h4-9H,1-3H3,(H,18,19). The Morgan fingerprint density at radius 2 is 1.68 bits per heavy atom. The number of methoxy groups -OCH3 is 3. The molecule has 0 atom stereocenters. The largest absolute Gasteiger partial charge is 0.497 e. The molecule has 2 aromatic rings. The molecule has 22 heavy (non-hydrogen) atoms. The molecular formula is C16H16ClNO4. The molecular weight excluding hydrogens is 306 g/mol. The molecule has 0 unspecified atom stereocenters. The van der Waals surface area contributed by atoms with Crippen molar-refractivity contribution in [3.8, 4) is 17.2 Å². The number of rotatable bonds is 5. The smallest absolute Gasteiger partial charge is 0.259 e. The molecule has 0 aliphatic heterocycles. The summed E-state index contributed by atoms with van der Waals surface area (Å²) in [6, 6.07) is 9.96. The third kappa shape index (κ3) is 3.43. The summed E-state index contributed by atoms with van der Waals surface area (Å²) >= 11 is 5.94. The molecule has 2 rings (SSSR count). The molecule has 0 bridgehead atoms. The fourth-order valence-corrected chi connectivity index (χ4v) is 2.12. The first kappa shape index (κ1) is 16.0. The number of carbonyl (C=O) groups is 1. The summed E-state index contributed by atoms with van der Waals surface area (Å²) in [7, 11) is 4.57. The van der Waals surface area contributed by atoms with Crippen LogP contribution >= 0.6 is 11.6 Å². The molecule has 0 radical (unpaired) electrons. The molecule has 2 aromatic carbocycles. The van der Waals surface area contributed by atoms with Crippen molar-refractivity contribution in [1.82, 2.24) is 0 Å². The van der Waals surface area contributed by atoms with Crippen LogP contribution in [0.2, 0.25) is 5.02 Å². The molecule has 0 aromatic heterocycles. The van der Waals surface area contributed by atoms with Crippen LogP contribution in [0, 0.1) is 0 Å². The van der Waals surface area contributed by atoms with Gasteiger partial charge in [-0.25, -0.2) is 0 Å². The summed E-state index contributed by atoms with van der Waals surface area (Å²) in [4.78, 5) is 12.4. The Morgan fingerprint density at radius 3 is 2.32 bits per heavy atom. The van der Waals surface area contributed by atoms with E-state index in [1.54, 1.807) is 43.5 Å². The average Bonchev–Trinajstić information content (AvgIpc) is 2.55. The van der Waals surface area contributed by atoms with Crippen LogP contribution in [0.3, 0.4) is 0 Å². The number of amides is 1. The Labute approximate surface area is 133 Å². The van der Waals surface area contributed by atoms with E-state index in [2.05, 4.69) is 5.32 Å². The molecule has 0 saturated heterocycles. The Bertz CT molecular complexity index is 688. The van der Waals surface area contributed by atoms with Crippen molar-refractivity contribution in [3.63, 3.8) is 0 Å². The summed E-state index contributed by atoms with van der Waals surface area (Å²) in [6.07, 6.45) is 0. The SMILES string of the molecule is COc1ccc(NC(=O)c2cc(Cl)ccc2OC)c(OC)c1. The summed E-state index contributed by atoms with van der Waals surface area (Å²) in [5.41, 5.74) is 0.864. The maximum atomic E-state index is 12.4. The minimum absolute atomic E-state index is 0.341. The normalized spacial score (nSPS) is 10.0. The van der Waals surface area contributed by atoms with Gasteiger partial charge >= 0.3 is 0 Å². The van der Waals surface area contributed by atoms with Gasteiger partial charge in [-0.3, -0.25) is 4.79 Å². The lowest BCUT2D eigenvalue weighted by atomic mass is 10.1. The first-order valence-corrected chi connectivity index (χ1v) is 6.83. The van der Waals surface area contributed by atoms with Crippen LogP contribution < -0.4 is 19.5 Å². The summed E-state index contributed by atoms with van der Waals surface area (Å²) < 4.78 is 15.6. The Morgan fingerprint density at radius 1 is 0.955 bits per heavy atom. The Kier molecular flexibility index (Phi) is 5.12. The second kappa shape index (κ2) is 7.04. The van der Waals surface area contributed by atoms with Gasteiger partial charge in [0.05, 0.1) is 32.6 Å². The molecule has 0 spiro atoms. The molecule has 0 heterocycles. The van der Waals surface area contributed by atoms with E-state index in [1.165, 1.54) is 14.2 Å². The van der Waals surface area contributed by atoms with Crippen molar-refractivity contribution in [2.45, 2.75) is 0 Å². The van der Waals surface area contributed by atoms with E-state index in [1.807, 2.05) is 0 Å². The fourth-order valence-electron chi connectivity index (χ4n) is 1.95. The molecule has 6 heteroatoms. The molecule has 5 nitrogen and oxygen atoms in total. The van der Waals surface area contributed by atoms with Crippen molar-refractivity contribution >= 4 is 23.2 Å². The molecule has 1 amide bonds. The van der Waals surface area contributed by atoms with Crippen LogP contribution in [0.4, 0.5) is 5.69 Å². The van der Waals surface area contributed by atoms with Gasteiger partial charge in [-0.2, -0.15) is 0 Å². The van der Waals surface area contributed by atoms with E-state index in [0.717, 1.165) is 0 Å². The summed E-state index contributed by atoms with van der Waals surface area (Å²) in [5, 5.41) is 3.22. The van der Waals surface area contributed by atoms with Crippen molar-refractivity contribution in [3.05, 3.63) is 47.0 Å². The van der Waals surface area contributed by atoms with Gasteiger partial charge in [0.25, 0.3) is 5.91 Å². The highest BCUT2D eigenvalue weighted by atomic mass is 35.5. The number of benzene rings is 2. The molecule has 116 valence electrons. The number of hydrogen-bond donors (Lipinski definition) is 1. The van der Waals surface area contributed by atoms with Crippen molar-refractivity contribution in [2.24, 2.45) is 0 Å². The van der Waals surface area contributed by atoms with Crippen LogP contribution in [0.1, 0.15) is 10.4 Å². The molecule has 0 aliphatic rings. The maximum Gasteiger partial charge on any atom is 0.259 e. The first-order valence-electron chi connectivity index (χ1n) is 6.46. The van der Waals surface area contributed by atoms with E-state index in [9.17, 15) is 4.79 Å². The van der Waals surface area contributed by atoms with Crippen molar-refractivity contribution in [1.29, 1.82) is 0 Å². The lowest BCUT2D eigenvalue weighted by Gasteiger charge is -2.13. The molecule has 0 saturated carbocycles. The number of halogens is 1. The predicted octanol–water partition coefficient (Wildman–Crippen LogP) is 3.62. The van der Waals surface area contributed by atoms with Gasteiger partial charge in [0.1, 0.15) is 17.2 Å². The monoisotopic (exact) mass is 321 g/mol. The van der Waals surface area contributed by atoms with Crippen molar-refractivity contribution < 1.29 is 19.0 Å². The Balaban J connectivity index is 2.31. The third-order valence-electron chi connectivity index (χ3n) is 3.06. The number of anilines is 1. The average molecular weight is 322 g/mol. The van der Waals surface area contributed by atoms with E-state index in [-0.39, 0.29) is 5.91 Å². The molecule has 0 fully saturated rings. The van der Waals surface area contributed by atoms with Gasteiger partial charge in [-0.05, 0) is 30.3 Å². The predicted molar refractivity (Wildman–Crippen MR) is 85.5 cm³/mol. The zero-order valence-corrected chi connectivity index (χ0v) is 13.2. The van der Waals surface area contributed by atoms with Gasteiger partial charge < -0.3 is 19.5 Å². The lowest BCUT2D eigenvalue weighted by molar-refractivity contribution is 0.102. The van der Waals surface area contributed by atoms with Crippen LogP contribution in [-0.2, 0) is 0 Å². The number of hydrogen-bond acceptors (Lipinski definition) is 4. The van der Waals surface area contributed by atoms with E-state index in [0.29, 0.717) is 33.5 Å². The quantitative estimate of drug-likeness (QED) is 0.914. The van der Waals surface area contributed by atoms with Gasteiger partial charge in [0.15, 0.2) is 0 Å². The second-order valence-corrected chi connectivity index (χ2v) is 4.80. The van der Waals surface area contributed by atoms with Gasteiger partial charge in [-0.15, -0.1) is 0 Å². The van der Waals surface area contributed by atoms with Crippen molar-refractivity contribution in [2.75, 3.05) is 26.6 Å². The summed E-state index contributed by atoms with van der Waals surface area (Å²) in [6.45, 7) is 0. The van der Waals surface area contributed by atoms with E-state index >= 15 is 0 Å². The maximum absolute atomic E-state index is 12.4. The minimum Gasteiger partial charge on any atom is -0.497 e. The molecule has 0 aliphatic carbocycles. The molecule has 1 N–H and O–H groups in total. The highest BCUT2D eigenvalue weighted by Crippen LogP contribution is 2.30. The first-order chi connectivity index (χ1) is 10.6. The Hall–Kier alpha value is -2.40. The van der Waals surface area contributed by atoms with Crippen LogP contribution in [0.5, 0.6) is 17.2 Å². The van der Waals surface area contributed by atoms with Crippen LogP contribution in [0.25, 0.3) is 0 Å². The number of ether oxygens (including phenoxy) is 3. The van der Waals surface area contributed by atoms with E-state index < -0.39 is 0 Å². The van der Waals surface area contributed by atoms with Gasteiger partial charge in [0.2, 0.25) is 0 Å². The highest BCUT2D eigenvalue weighted by molar-refractivity contribution is 6.31. The lowest BCUT2D eigenvalue weighted by Crippen LogP contribution is -2.14. The van der Waals surface area contributed by atoms with Gasteiger partial charge in [-0.1, -0.05) is 11.6 Å². The van der Waals surface area contributed by atoms with Gasteiger partial charge in [0, 0.05) is 11.1 Å². The minimum atomic E-state index is -0.345. The zero-order chi connectivity index (χ0) is 16.1. The number of nitrogens with one attached hydrogen (secondary N) is 1. The highest BCUT2D eigenvalue weighted by Gasteiger charge is 2.15. The van der Waals surface area contributed by atoms with Crippen LogP contribution in [-0.4, -0.2) is 27.2 Å². The zero-order valence-electron chi connectivity index (χ0n) is 12.5. The second-order valence-electron chi connectivity index (χ2n) is 4.36. The van der Waals surface area contributed by atoms with Crippen LogP contribution in [0.15, 0.2) is 36.4 Å². The topological polar surface area (TPSA) is 56.8 Å². The number of carbonyl (C=O) groups excluding carboxylic acids is 1. The fraction of sp³-hybridized carbons (Fsp3) is 0.188. The summed E-state index contributed by atoms with van der Waals surface area (Å²) in [5.74, 6) is 1.22. The third-order valence-corrected chi connectivity index (χ3v) is 3.30.